The van der Waals surface area contributed by atoms with E-state index in [0.29, 0.717) is 17.0 Å². The van der Waals surface area contributed by atoms with Gasteiger partial charge >= 0.3 is 5.97 Å². The van der Waals surface area contributed by atoms with Gasteiger partial charge in [0.2, 0.25) is 5.91 Å². The van der Waals surface area contributed by atoms with E-state index in [1.807, 2.05) is 0 Å². The Morgan fingerprint density at radius 1 is 1.12 bits per heavy atom. The van der Waals surface area contributed by atoms with Crippen LogP contribution in [0.1, 0.15) is 15.9 Å². The van der Waals surface area contributed by atoms with Crippen LogP contribution >= 0.6 is 0 Å². The molecular formula is C17H17NO6S. The van der Waals surface area contributed by atoms with E-state index in [1.165, 1.54) is 31.4 Å². The molecule has 0 spiro atoms. The minimum atomic E-state index is -3.76. The van der Waals surface area contributed by atoms with Gasteiger partial charge in [0.05, 0.1) is 24.1 Å². The number of methoxy groups -OCH3 is 1. The molecule has 0 aromatic heterocycles. The van der Waals surface area contributed by atoms with E-state index in [1.54, 1.807) is 24.3 Å². The summed E-state index contributed by atoms with van der Waals surface area (Å²) in [4.78, 5) is 23.0. The number of anilines is 1. The number of nitrogens with one attached hydrogen (secondary N) is 1. The number of para-hydroxylation sites is 2. The molecule has 0 fully saturated rings. The van der Waals surface area contributed by atoms with Crippen molar-refractivity contribution in [2.24, 2.45) is 0 Å². The second kappa shape index (κ2) is 7.80. The Labute approximate surface area is 145 Å². The van der Waals surface area contributed by atoms with Crippen molar-refractivity contribution in [1.29, 1.82) is 0 Å². The lowest BCUT2D eigenvalue weighted by Gasteiger charge is -2.10. The Kier molecular flexibility index (Phi) is 5.76. The van der Waals surface area contributed by atoms with Crippen molar-refractivity contribution in [2.75, 3.05) is 18.2 Å². The number of rotatable bonds is 7. The van der Waals surface area contributed by atoms with E-state index in [9.17, 15) is 18.0 Å². The first-order valence-electron chi connectivity index (χ1n) is 7.26. The second-order valence-electron chi connectivity index (χ2n) is 5.29. The maximum atomic E-state index is 12.2. The van der Waals surface area contributed by atoms with Gasteiger partial charge in [-0.15, -0.1) is 0 Å². The summed E-state index contributed by atoms with van der Waals surface area (Å²) >= 11 is 0. The van der Waals surface area contributed by atoms with Crippen molar-refractivity contribution in [3.8, 4) is 5.75 Å². The highest BCUT2D eigenvalue weighted by Crippen LogP contribution is 2.23. The predicted octanol–water partition coefficient (Wildman–Crippen LogP) is 1.95. The molecule has 0 saturated heterocycles. The summed E-state index contributed by atoms with van der Waals surface area (Å²) in [5.74, 6) is -2.56. The molecule has 8 heteroatoms. The predicted molar refractivity (Wildman–Crippen MR) is 92.5 cm³/mol. The number of sulfone groups is 1. The number of amides is 1. The minimum Gasteiger partial charge on any atom is -0.495 e. The number of aromatic carboxylic acids is 1. The van der Waals surface area contributed by atoms with Gasteiger partial charge in [0.25, 0.3) is 0 Å². The smallest absolute Gasteiger partial charge is 0.335 e. The zero-order chi connectivity index (χ0) is 18.4. The highest BCUT2D eigenvalue weighted by molar-refractivity contribution is 7.91. The highest BCUT2D eigenvalue weighted by Gasteiger charge is 2.19. The van der Waals surface area contributed by atoms with E-state index in [4.69, 9.17) is 9.84 Å². The normalized spacial score (nSPS) is 10.9. The maximum absolute atomic E-state index is 12.2. The lowest BCUT2D eigenvalue weighted by Crippen LogP contribution is -2.24. The molecule has 132 valence electrons. The molecule has 0 saturated carbocycles. The fourth-order valence-corrected chi connectivity index (χ4v) is 3.49. The van der Waals surface area contributed by atoms with Crippen LogP contribution in [0.3, 0.4) is 0 Å². The third kappa shape index (κ3) is 5.32. The fraction of sp³-hybridized carbons (Fsp3) is 0.176. The average Bonchev–Trinajstić information content (AvgIpc) is 2.54. The van der Waals surface area contributed by atoms with Crippen LogP contribution < -0.4 is 10.1 Å². The van der Waals surface area contributed by atoms with Gasteiger partial charge in [-0.1, -0.05) is 24.3 Å². The van der Waals surface area contributed by atoms with Gasteiger partial charge in [-0.25, -0.2) is 13.2 Å². The molecule has 7 nitrogen and oxygen atoms in total. The number of benzene rings is 2. The summed E-state index contributed by atoms with van der Waals surface area (Å²) in [6.45, 7) is 0. The van der Waals surface area contributed by atoms with Crippen LogP contribution in [-0.2, 0) is 20.4 Å². The Balaban J connectivity index is 2.06. The monoisotopic (exact) mass is 363 g/mol. The van der Waals surface area contributed by atoms with E-state index in [-0.39, 0.29) is 5.56 Å². The lowest BCUT2D eigenvalue weighted by molar-refractivity contribution is -0.113. The van der Waals surface area contributed by atoms with Crippen molar-refractivity contribution in [3.63, 3.8) is 0 Å². The number of carbonyl (C=O) groups is 2. The summed E-state index contributed by atoms with van der Waals surface area (Å²) in [6, 6.07) is 12.3. The van der Waals surface area contributed by atoms with Gasteiger partial charge in [0.1, 0.15) is 11.5 Å². The number of carboxylic acid groups (broad SMARTS) is 1. The summed E-state index contributed by atoms with van der Waals surface area (Å²) in [5, 5.41) is 11.4. The van der Waals surface area contributed by atoms with Crippen LogP contribution in [0.25, 0.3) is 0 Å². The second-order valence-corrected chi connectivity index (χ2v) is 7.35. The van der Waals surface area contributed by atoms with Crippen LogP contribution in [0.4, 0.5) is 5.69 Å². The van der Waals surface area contributed by atoms with Crippen LogP contribution in [0, 0.1) is 0 Å². The van der Waals surface area contributed by atoms with Crippen molar-refractivity contribution < 1.29 is 27.9 Å². The topological polar surface area (TPSA) is 110 Å². The molecule has 0 aliphatic carbocycles. The van der Waals surface area contributed by atoms with Crippen molar-refractivity contribution in [2.45, 2.75) is 5.75 Å². The largest absolute Gasteiger partial charge is 0.495 e. The number of ether oxygens (including phenoxy) is 1. The van der Waals surface area contributed by atoms with Crippen LogP contribution in [0.2, 0.25) is 0 Å². The molecule has 1 amide bonds. The zero-order valence-corrected chi connectivity index (χ0v) is 14.2. The third-order valence-electron chi connectivity index (χ3n) is 3.29. The van der Waals surface area contributed by atoms with Crippen molar-refractivity contribution >= 4 is 27.4 Å². The molecule has 2 aromatic carbocycles. The lowest BCUT2D eigenvalue weighted by atomic mass is 10.1. The van der Waals surface area contributed by atoms with Crippen molar-refractivity contribution in [1.82, 2.24) is 0 Å². The molecule has 2 aromatic rings. The quantitative estimate of drug-likeness (QED) is 0.778. The first-order valence-corrected chi connectivity index (χ1v) is 9.08. The van der Waals surface area contributed by atoms with E-state index < -0.39 is 33.2 Å². The molecule has 2 rings (SSSR count). The first-order chi connectivity index (χ1) is 11.8. The summed E-state index contributed by atoms with van der Waals surface area (Å²) in [6.07, 6.45) is 0. The third-order valence-corrected chi connectivity index (χ3v) is 4.77. The standard InChI is InChI=1S/C17H17NO6S/c1-24-15-8-3-2-7-14(15)18-16(19)11-25(22,23)10-12-5-4-6-13(9-12)17(20)21/h2-9H,10-11H2,1H3,(H,18,19)(H,20,21). The number of hydrogen-bond acceptors (Lipinski definition) is 5. The number of carbonyl (C=O) groups excluding carboxylic acids is 1. The van der Waals surface area contributed by atoms with Crippen LogP contribution in [0.5, 0.6) is 5.75 Å². The molecule has 0 atom stereocenters. The SMILES string of the molecule is COc1ccccc1NC(=O)CS(=O)(=O)Cc1cccc(C(=O)O)c1. The number of hydrogen-bond donors (Lipinski definition) is 2. The van der Waals surface area contributed by atoms with Crippen molar-refractivity contribution in [3.05, 3.63) is 59.7 Å². The molecule has 25 heavy (non-hydrogen) atoms. The summed E-state index contributed by atoms with van der Waals surface area (Å²) in [5.41, 5.74) is 0.675. The molecule has 0 heterocycles. The molecule has 0 unspecified atom stereocenters. The van der Waals surface area contributed by atoms with E-state index in [2.05, 4.69) is 5.32 Å². The Morgan fingerprint density at radius 3 is 2.52 bits per heavy atom. The van der Waals surface area contributed by atoms with Gasteiger partial charge in [0, 0.05) is 0 Å². The molecule has 0 bridgehead atoms. The minimum absolute atomic E-state index is 0.00817. The van der Waals surface area contributed by atoms with E-state index >= 15 is 0 Å². The fourth-order valence-electron chi connectivity index (χ4n) is 2.23. The van der Waals surface area contributed by atoms with Gasteiger partial charge in [-0.2, -0.15) is 0 Å². The number of carboxylic acids is 1. The zero-order valence-electron chi connectivity index (χ0n) is 13.4. The maximum Gasteiger partial charge on any atom is 0.335 e. The van der Waals surface area contributed by atoms with Gasteiger partial charge < -0.3 is 15.2 Å². The highest BCUT2D eigenvalue weighted by atomic mass is 32.2. The Bertz CT molecular complexity index is 892. The van der Waals surface area contributed by atoms with Gasteiger partial charge in [0.15, 0.2) is 9.84 Å². The molecular weight excluding hydrogens is 346 g/mol. The Hall–Kier alpha value is -2.87. The molecule has 0 aliphatic rings. The summed E-state index contributed by atoms with van der Waals surface area (Å²) in [7, 11) is -2.32. The summed E-state index contributed by atoms with van der Waals surface area (Å²) < 4.78 is 29.5. The average molecular weight is 363 g/mol. The molecule has 0 radical (unpaired) electrons. The van der Waals surface area contributed by atoms with Gasteiger partial charge in [-0.05, 0) is 29.8 Å². The van der Waals surface area contributed by atoms with Crippen LogP contribution in [-0.4, -0.2) is 38.3 Å². The Morgan fingerprint density at radius 2 is 1.84 bits per heavy atom. The molecule has 2 N–H and O–H groups in total. The van der Waals surface area contributed by atoms with Gasteiger partial charge in [-0.3, -0.25) is 4.79 Å². The van der Waals surface area contributed by atoms with Crippen LogP contribution in [0.15, 0.2) is 48.5 Å². The first kappa shape index (κ1) is 18.5. The molecule has 0 aliphatic heterocycles. The van der Waals surface area contributed by atoms with E-state index in [0.717, 1.165) is 0 Å².